The van der Waals surface area contributed by atoms with Gasteiger partial charge < -0.3 is 25.2 Å². The number of rotatable bonds is 8. The molecule has 1 rings (SSSR count). The number of aliphatic hydroxyl groups is 1. The van der Waals surface area contributed by atoms with Crippen molar-refractivity contribution in [1.82, 2.24) is 4.90 Å². The van der Waals surface area contributed by atoms with Crippen LogP contribution >= 0.6 is 0 Å². The lowest BCUT2D eigenvalue weighted by Crippen LogP contribution is -2.34. The first-order valence-electron chi connectivity index (χ1n) is 7.00. The van der Waals surface area contributed by atoms with E-state index < -0.39 is 0 Å². The third kappa shape index (κ3) is 4.26. The summed E-state index contributed by atoms with van der Waals surface area (Å²) in [5.74, 6) is 0.722. The third-order valence-electron chi connectivity index (χ3n) is 3.22. The second-order valence-electron chi connectivity index (χ2n) is 4.66. The molecule has 0 aromatic heterocycles. The average molecular weight is 296 g/mol. The van der Waals surface area contributed by atoms with Crippen molar-refractivity contribution >= 4 is 11.6 Å². The molecule has 0 heterocycles. The van der Waals surface area contributed by atoms with Gasteiger partial charge in [-0.05, 0) is 12.5 Å². The predicted octanol–water partition coefficient (Wildman–Crippen LogP) is 1.52. The van der Waals surface area contributed by atoms with Crippen LogP contribution in [0.25, 0.3) is 0 Å². The molecule has 1 amide bonds. The Morgan fingerprint density at radius 2 is 1.86 bits per heavy atom. The molecule has 1 aromatic rings. The number of nitrogen functional groups attached to an aromatic ring is 1. The second-order valence-corrected chi connectivity index (χ2v) is 4.66. The van der Waals surface area contributed by atoms with Crippen LogP contribution < -0.4 is 15.2 Å². The summed E-state index contributed by atoms with van der Waals surface area (Å²) in [6, 6.07) is 3.15. The largest absolute Gasteiger partial charge is 0.493 e. The first-order valence-corrected chi connectivity index (χ1v) is 7.00. The van der Waals surface area contributed by atoms with Crippen molar-refractivity contribution in [2.45, 2.75) is 19.8 Å². The highest BCUT2D eigenvalue weighted by atomic mass is 16.5. The highest BCUT2D eigenvalue weighted by Crippen LogP contribution is 2.32. The van der Waals surface area contributed by atoms with Crippen LogP contribution in [0.5, 0.6) is 11.5 Å². The van der Waals surface area contributed by atoms with Gasteiger partial charge in [0.25, 0.3) is 5.91 Å². The van der Waals surface area contributed by atoms with Crippen LogP contribution in [0.3, 0.4) is 0 Å². The van der Waals surface area contributed by atoms with E-state index in [1.807, 2.05) is 6.92 Å². The monoisotopic (exact) mass is 296 g/mol. The molecule has 6 nitrogen and oxygen atoms in total. The SMILES string of the molecule is CCCCN(CCO)C(=O)c1cc(OC)c(OC)cc1N. The average Bonchev–Trinajstić information content (AvgIpc) is 2.50. The summed E-state index contributed by atoms with van der Waals surface area (Å²) >= 11 is 0. The zero-order valence-electron chi connectivity index (χ0n) is 12.9. The van der Waals surface area contributed by atoms with Gasteiger partial charge in [-0.15, -0.1) is 0 Å². The van der Waals surface area contributed by atoms with E-state index in [2.05, 4.69) is 0 Å². The molecule has 6 heteroatoms. The molecule has 3 N–H and O–H groups in total. The van der Waals surface area contributed by atoms with E-state index in [9.17, 15) is 4.79 Å². The van der Waals surface area contributed by atoms with Gasteiger partial charge in [0.05, 0.1) is 26.4 Å². The lowest BCUT2D eigenvalue weighted by Gasteiger charge is -2.23. The Bertz CT molecular complexity index is 477. The zero-order valence-corrected chi connectivity index (χ0v) is 12.9. The fourth-order valence-electron chi connectivity index (χ4n) is 2.03. The van der Waals surface area contributed by atoms with Gasteiger partial charge in [-0.25, -0.2) is 0 Å². The summed E-state index contributed by atoms with van der Waals surface area (Å²) in [7, 11) is 3.02. The van der Waals surface area contributed by atoms with Gasteiger partial charge in [0.1, 0.15) is 0 Å². The standard InChI is InChI=1S/C15H24N2O4/c1-4-5-6-17(7-8-18)15(19)11-9-13(20-2)14(21-3)10-12(11)16/h9-10,18H,4-8,16H2,1-3H3. The van der Waals surface area contributed by atoms with Crippen LogP contribution in [0, 0.1) is 0 Å². The Morgan fingerprint density at radius 1 is 1.24 bits per heavy atom. The number of aliphatic hydroxyl groups excluding tert-OH is 1. The van der Waals surface area contributed by atoms with E-state index in [-0.39, 0.29) is 19.1 Å². The van der Waals surface area contributed by atoms with Crippen molar-refractivity contribution in [2.75, 3.05) is 39.6 Å². The van der Waals surface area contributed by atoms with Crippen LogP contribution in [0.15, 0.2) is 12.1 Å². The summed E-state index contributed by atoms with van der Waals surface area (Å²) in [5.41, 5.74) is 6.63. The fourth-order valence-corrected chi connectivity index (χ4v) is 2.03. The predicted molar refractivity (Wildman–Crippen MR) is 81.9 cm³/mol. The fraction of sp³-hybridized carbons (Fsp3) is 0.533. The van der Waals surface area contributed by atoms with Crippen molar-refractivity contribution in [2.24, 2.45) is 0 Å². The molecule has 0 atom stereocenters. The van der Waals surface area contributed by atoms with E-state index in [1.54, 1.807) is 17.0 Å². The van der Waals surface area contributed by atoms with Crippen LogP contribution in [0.1, 0.15) is 30.1 Å². The number of carbonyl (C=O) groups excluding carboxylic acids is 1. The van der Waals surface area contributed by atoms with E-state index in [0.29, 0.717) is 29.3 Å². The molecule has 0 bridgehead atoms. The lowest BCUT2D eigenvalue weighted by atomic mass is 10.1. The smallest absolute Gasteiger partial charge is 0.256 e. The Balaban J connectivity index is 3.08. The van der Waals surface area contributed by atoms with Gasteiger partial charge in [0.2, 0.25) is 0 Å². The minimum absolute atomic E-state index is 0.0807. The summed E-state index contributed by atoms with van der Waals surface area (Å²) in [4.78, 5) is 14.2. The number of methoxy groups -OCH3 is 2. The molecule has 0 saturated heterocycles. The summed E-state index contributed by atoms with van der Waals surface area (Å²) < 4.78 is 10.4. The van der Waals surface area contributed by atoms with Crippen LogP contribution in [0.4, 0.5) is 5.69 Å². The highest BCUT2D eigenvalue weighted by molar-refractivity contribution is 6.00. The van der Waals surface area contributed by atoms with Crippen LogP contribution in [-0.4, -0.2) is 49.8 Å². The first-order chi connectivity index (χ1) is 10.1. The van der Waals surface area contributed by atoms with Crippen molar-refractivity contribution in [3.05, 3.63) is 17.7 Å². The molecule has 1 aromatic carbocycles. The van der Waals surface area contributed by atoms with Gasteiger partial charge in [0.15, 0.2) is 11.5 Å². The van der Waals surface area contributed by atoms with E-state index in [4.69, 9.17) is 20.3 Å². The minimum atomic E-state index is -0.212. The normalized spacial score (nSPS) is 10.3. The van der Waals surface area contributed by atoms with Gasteiger partial charge in [0, 0.05) is 24.8 Å². The van der Waals surface area contributed by atoms with Crippen LogP contribution in [-0.2, 0) is 0 Å². The van der Waals surface area contributed by atoms with Crippen molar-refractivity contribution in [3.63, 3.8) is 0 Å². The molecule has 118 valence electrons. The molecular formula is C15H24N2O4. The van der Waals surface area contributed by atoms with Gasteiger partial charge in [-0.2, -0.15) is 0 Å². The quantitative estimate of drug-likeness (QED) is 0.710. The zero-order chi connectivity index (χ0) is 15.8. The molecule has 0 spiro atoms. The number of hydrogen-bond donors (Lipinski definition) is 2. The molecule has 0 saturated carbocycles. The highest BCUT2D eigenvalue weighted by Gasteiger charge is 2.20. The Kier molecular flexibility index (Phi) is 6.81. The van der Waals surface area contributed by atoms with Gasteiger partial charge >= 0.3 is 0 Å². The number of nitrogens with two attached hydrogens (primary N) is 1. The van der Waals surface area contributed by atoms with Gasteiger partial charge in [-0.1, -0.05) is 13.3 Å². The Labute approximate surface area is 125 Å². The number of anilines is 1. The molecule has 0 aliphatic heterocycles. The third-order valence-corrected chi connectivity index (χ3v) is 3.22. The van der Waals surface area contributed by atoms with Crippen molar-refractivity contribution < 1.29 is 19.4 Å². The molecule has 0 aliphatic rings. The number of nitrogens with zero attached hydrogens (tertiary/aromatic N) is 1. The maximum Gasteiger partial charge on any atom is 0.256 e. The maximum atomic E-state index is 12.6. The van der Waals surface area contributed by atoms with E-state index in [1.165, 1.54) is 14.2 Å². The first kappa shape index (κ1) is 17.1. The van der Waals surface area contributed by atoms with E-state index in [0.717, 1.165) is 12.8 Å². The Morgan fingerprint density at radius 3 is 2.38 bits per heavy atom. The molecule has 0 aliphatic carbocycles. The molecule has 0 fully saturated rings. The molecule has 0 unspecified atom stereocenters. The van der Waals surface area contributed by atoms with Crippen molar-refractivity contribution in [1.29, 1.82) is 0 Å². The number of unbranched alkanes of at least 4 members (excludes halogenated alkanes) is 1. The van der Waals surface area contributed by atoms with E-state index >= 15 is 0 Å². The molecule has 21 heavy (non-hydrogen) atoms. The molecule has 0 radical (unpaired) electrons. The lowest BCUT2D eigenvalue weighted by molar-refractivity contribution is 0.0720. The molecular weight excluding hydrogens is 272 g/mol. The summed E-state index contributed by atoms with van der Waals surface area (Å²) in [5, 5.41) is 9.11. The summed E-state index contributed by atoms with van der Waals surface area (Å²) in [6.07, 6.45) is 1.84. The Hall–Kier alpha value is -1.95. The van der Waals surface area contributed by atoms with Crippen LogP contribution in [0.2, 0.25) is 0 Å². The second kappa shape index (κ2) is 8.36. The number of amides is 1. The summed E-state index contributed by atoms with van der Waals surface area (Å²) in [6.45, 7) is 2.84. The maximum absolute atomic E-state index is 12.6. The number of carbonyl (C=O) groups is 1. The number of hydrogen-bond acceptors (Lipinski definition) is 5. The van der Waals surface area contributed by atoms with Gasteiger partial charge in [-0.3, -0.25) is 4.79 Å². The van der Waals surface area contributed by atoms with Crippen molar-refractivity contribution in [3.8, 4) is 11.5 Å². The minimum Gasteiger partial charge on any atom is -0.493 e. The number of benzene rings is 1. The number of ether oxygens (including phenoxy) is 2. The topological polar surface area (TPSA) is 85.0 Å².